The molecule has 0 saturated carbocycles. The van der Waals surface area contributed by atoms with Crippen LogP contribution >= 0.6 is 0 Å². The van der Waals surface area contributed by atoms with Gasteiger partial charge in [0, 0.05) is 12.6 Å². The van der Waals surface area contributed by atoms with Crippen LogP contribution < -0.4 is 0 Å². The van der Waals surface area contributed by atoms with E-state index in [1.807, 2.05) is 0 Å². The van der Waals surface area contributed by atoms with E-state index >= 15 is 0 Å². The molecule has 0 radical (unpaired) electrons. The quantitative estimate of drug-likeness (QED) is 0.774. The van der Waals surface area contributed by atoms with Crippen molar-refractivity contribution in [3.8, 4) is 11.3 Å². The summed E-state index contributed by atoms with van der Waals surface area (Å²) in [5, 5.41) is 7.17. The van der Waals surface area contributed by atoms with Gasteiger partial charge >= 0.3 is 6.18 Å². The monoisotopic (exact) mass is 255 g/mol. The maximum Gasteiger partial charge on any atom is 0.417 e. The molecule has 0 N–H and O–H groups in total. The highest BCUT2D eigenvalue weighted by atomic mass is 19.4. The van der Waals surface area contributed by atoms with Crippen molar-refractivity contribution >= 4 is 6.29 Å². The molecule has 94 valence electrons. The van der Waals surface area contributed by atoms with E-state index in [0.29, 0.717) is 6.29 Å². The van der Waals surface area contributed by atoms with Crippen molar-refractivity contribution in [1.82, 2.24) is 15.0 Å². The van der Waals surface area contributed by atoms with Crippen LogP contribution in [-0.2, 0) is 13.2 Å². The summed E-state index contributed by atoms with van der Waals surface area (Å²) in [5.41, 5.74) is -1.05. The molecule has 0 amide bonds. The lowest BCUT2D eigenvalue weighted by molar-refractivity contribution is -0.137. The summed E-state index contributed by atoms with van der Waals surface area (Å²) in [6.07, 6.45) is -4.07. The van der Waals surface area contributed by atoms with Crippen LogP contribution in [0.2, 0.25) is 0 Å². The van der Waals surface area contributed by atoms with Crippen molar-refractivity contribution < 1.29 is 18.0 Å². The maximum atomic E-state index is 12.8. The van der Waals surface area contributed by atoms with Crippen molar-refractivity contribution in [2.45, 2.75) is 6.18 Å². The van der Waals surface area contributed by atoms with E-state index in [9.17, 15) is 18.0 Å². The molecule has 1 aromatic heterocycles. The molecule has 2 aromatic rings. The molecule has 0 aliphatic rings. The molecular formula is C11H8F3N3O. The minimum absolute atomic E-state index is 0.00620. The number of hydrogen-bond donors (Lipinski definition) is 0. The highest BCUT2D eigenvalue weighted by Gasteiger charge is 2.34. The molecule has 1 heterocycles. The normalized spacial score (nSPS) is 11.6. The zero-order valence-corrected chi connectivity index (χ0v) is 9.27. The smallest absolute Gasteiger partial charge is 0.296 e. The highest BCUT2D eigenvalue weighted by Crippen LogP contribution is 2.36. The summed E-state index contributed by atoms with van der Waals surface area (Å²) in [4.78, 5) is 10.9. The largest absolute Gasteiger partial charge is 0.417 e. The third-order valence-electron chi connectivity index (χ3n) is 2.47. The Kier molecular flexibility index (Phi) is 2.90. The van der Waals surface area contributed by atoms with Gasteiger partial charge in [-0.3, -0.25) is 4.79 Å². The lowest BCUT2D eigenvalue weighted by Gasteiger charge is -2.10. The van der Waals surface area contributed by atoms with E-state index < -0.39 is 11.7 Å². The van der Waals surface area contributed by atoms with E-state index in [1.165, 1.54) is 25.2 Å². The Morgan fingerprint density at radius 1 is 1.28 bits per heavy atom. The van der Waals surface area contributed by atoms with Crippen LogP contribution in [0, 0.1) is 0 Å². The number of halogens is 3. The van der Waals surface area contributed by atoms with Gasteiger partial charge in [-0.2, -0.15) is 13.2 Å². The number of rotatable bonds is 2. The molecule has 0 fully saturated rings. The van der Waals surface area contributed by atoms with Gasteiger partial charge in [-0.15, -0.1) is 5.10 Å². The first-order valence-electron chi connectivity index (χ1n) is 4.96. The van der Waals surface area contributed by atoms with Crippen molar-refractivity contribution in [1.29, 1.82) is 0 Å². The Morgan fingerprint density at radius 2 is 1.94 bits per heavy atom. The number of hydrogen-bond acceptors (Lipinski definition) is 3. The maximum absolute atomic E-state index is 12.8. The van der Waals surface area contributed by atoms with E-state index in [-0.39, 0.29) is 17.0 Å². The van der Waals surface area contributed by atoms with Crippen LogP contribution in [0.5, 0.6) is 0 Å². The topological polar surface area (TPSA) is 47.8 Å². The van der Waals surface area contributed by atoms with Gasteiger partial charge in [0.05, 0.1) is 5.56 Å². The van der Waals surface area contributed by atoms with Crippen molar-refractivity contribution in [2.75, 3.05) is 0 Å². The minimum Gasteiger partial charge on any atom is -0.296 e. The number of benzene rings is 1. The van der Waals surface area contributed by atoms with Gasteiger partial charge < -0.3 is 0 Å². The first-order valence-corrected chi connectivity index (χ1v) is 4.96. The van der Waals surface area contributed by atoms with E-state index in [2.05, 4.69) is 10.3 Å². The Hall–Kier alpha value is -2.18. The summed E-state index contributed by atoms with van der Waals surface area (Å²) < 4.78 is 39.6. The summed E-state index contributed by atoms with van der Waals surface area (Å²) in [7, 11) is 1.44. The molecule has 0 atom stereocenters. The van der Waals surface area contributed by atoms with E-state index in [4.69, 9.17) is 0 Å². The first kappa shape index (κ1) is 12.3. The van der Waals surface area contributed by atoms with Gasteiger partial charge in [0.15, 0.2) is 6.29 Å². The average molecular weight is 255 g/mol. The molecule has 7 heteroatoms. The van der Waals surface area contributed by atoms with Crippen LogP contribution in [-0.4, -0.2) is 21.3 Å². The van der Waals surface area contributed by atoms with Crippen LogP contribution in [0.3, 0.4) is 0 Å². The number of alkyl halides is 3. The summed E-state index contributed by atoms with van der Waals surface area (Å²) >= 11 is 0. The molecule has 0 aliphatic carbocycles. The van der Waals surface area contributed by atoms with E-state index in [1.54, 1.807) is 0 Å². The number of aryl methyl sites for hydroxylation is 1. The number of aldehydes is 1. The fourth-order valence-electron chi connectivity index (χ4n) is 1.63. The first-order chi connectivity index (χ1) is 8.45. The Bertz CT molecular complexity index is 589. The fourth-order valence-corrected chi connectivity index (χ4v) is 1.63. The van der Waals surface area contributed by atoms with Gasteiger partial charge in [-0.25, -0.2) is 4.68 Å². The number of carbonyl (C=O) groups is 1. The highest BCUT2D eigenvalue weighted by molar-refractivity contribution is 5.84. The van der Waals surface area contributed by atoms with Crippen molar-refractivity contribution in [2.24, 2.45) is 7.05 Å². The minimum atomic E-state index is -4.51. The molecule has 4 nitrogen and oxygen atoms in total. The third kappa shape index (κ3) is 1.99. The molecule has 1 aromatic carbocycles. The van der Waals surface area contributed by atoms with E-state index in [0.717, 1.165) is 10.7 Å². The van der Waals surface area contributed by atoms with Gasteiger partial charge in [0.1, 0.15) is 11.4 Å². The summed E-state index contributed by atoms with van der Waals surface area (Å²) in [5.74, 6) is 0. The zero-order chi connectivity index (χ0) is 13.3. The zero-order valence-electron chi connectivity index (χ0n) is 9.27. The summed E-state index contributed by atoms with van der Waals surface area (Å²) in [6.45, 7) is 0. The van der Waals surface area contributed by atoms with Crippen LogP contribution in [0.25, 0.3) is 11.3 Å². The Morgan fingerprint density at radius 3 is 2.56 bits per heavy atom. The molecule has 18 heavy (non-hydrogen) atoms. The molecule has 0 saturated heterocycles. The number of carbonyl (C=O) groups excluding carboxylic acids is 1. The molecule has 0 bridgehead atoms. The fraction of sp³-hybridized carbons (Fsp3) is 0.182. The molecule has 0 aliphatic heterocycles. The van der Waals surface area contributed by atoms with Gasteiger partial charge in [0.2, 0.25) is 0 Å². The molecule has 0 spiro atoms. The lowest BCUT2D eigenvalue weighted by Crippen LogP contribution is -2.07. The molecule has 2 rings (SSSR count). The SMILES string of the molecule is Cn1nnc(-c2ccccc2C(F)(F)F)c1C=O. The second kappa shape index (κ2) is 4.25. The van der Waals surface area contributed by atoms with Crippen LogP contribution in [0.15, 0.2) is 24.3 Å². The van der Waals surface area contributed by atoms with Crippen LogP contribution in [0.1, 0.15) is 16.1 Å². The second-order valence-corrected chi connectivity index (χ2v) is 3.61. The third-order valence-corrected chi connectivity index (χ3v) is 2.47. The number of aromatic nitrogens is 3. The van der Waals surface area contributed by atoms with Gasteiger partial charge in [0.25, 0.3) is 0 Å². The average Bonchev–Trinajstić information content (AvgIpc) is 2.69. The summed E-state index contributed by atoms with van der Waals surface area (Å²) in [6, 6.07) is 4.94. The molecular weight excluding hydrogens is 247 g/mol. The predicted octanol–water partition coefficient (Wildman–Crippen LogP) is 2.31. The second-order valence-electron chi connectivity index (χ2n) is 3.61. The van der Waals surface area contributed by atoms with Gasteiger partial charge in [-0.05, 0) is 6.07 Å². The Labute approximate surface area is 100 Å². The van der Waals surface area contributed by atoms with Crippen LogP contribution in [0.4, 0.5) is 13.2 Å². The van der Waals surface area contributed by atoms with Crippen molar-refractivity contribution in [3.05, 3.63) is 35.5 Å². The van der Waals surface area contributed by atoms with Crippen molar-refractivity contribution in [3.63, 3.8) is 0 Å². The standard InChI is InChI=1S/C11H8F3N3O/c1-17-9(6-18)10(15-16-17)7-4-2-3-5-8(7)11(12,13)14/h2-6H,1H3. The lowest BCUT2D eigenvalue weighted by atomic mass is 10.0. The molecule has 0 unspecified atom stereocenters. The predicted molar refractivity (Wildman–Crippen MR) is 56.8 cm³/mol. The number of nitrogens with zero attached hydrogens (tertiary/aromatic N) is 3. The van der Waals surface area contributed by atoms with Gasteiger partial charge in [-0.1, -0.05) is 23.4 Å². The Balaban J connectivity index is 2.68.